The van der Waals surface area contributed by atoms with Crippen molar-refractivity contribution in [3.05, 3.63) is 84.2 Å². The number of ether oxygens (including phenoxy) is 2. The summed E-state index contributed by atoms with van der Waals surface area (Å²) in [5.41, 5.74) is 1.60. The van der Waals surface area contributed by atoms with Gasteiger partial charge in [0.25, 0.3) is 5.91 Å². The normalized spacial score (nSPS) is 10.7. The molecule has 0 saturated heterocycles. The first-order valence-corrected chi connectivity index (χ1v) is 10.1. The monoisotopic (exact) mass is 422 g/mol. The maximum Gasteiger partial charge on any atom is 0.267 e. The average molecular weight is 422 g/mol. The van der Waals surface area contributed by atoms with Gasteiger partial charge in [0.2, 0.25) is 0 Å². The second-order valence-electron chi connectivity index (χ2n) is 6.51. The summed E-state index contributed by atoms with van der Waals surface area (Å²) >= 11 is 1.27. The van der Waals surface area contributed by atoms with Crippen molar-refractivity contribution in [3.8, 4) is 11.5 Å². The molecule has 4 aromatic rings. The molecule has 3 aromatic carbocycles. The van der Waals surface area contributed by atoms with Gasteiger partial charge in [0, 0.05) is 0 Å². The van der Waals surface area contributed by atoms with Crippen LogP contribution < -0.4 is 14.4 Å². The highest BCUT2D eigenvalue weighted by Gasteiger charge is 2.21. The minimum atomic E-state index is -0.335. The maximum atomic E-state index is 13.6. The van der Waals surface area contributed by atoms with Crippen molar-refractivity contribution in [2.75, 3.05) is 18.6 Å². The number of nitrogens with zero attached hydrogens (tertiary/aromatic N) is 2. The molecule has 0 unspecified atom stereocenters. The van der Waals surface area contributed by atoms with Crippen LogP contribution in [0.15, 0.2) is 72.8 Å². The van der Waals surface area contributed by atoms with E-state index in [0.717, 1.165) is 5.56 Å². The van der Waals surface area contributed by atoms with Crippen LogP contribution in [0.4, 0.5) is 9.52 Å². The number of hydrogen-bond acceptors (Lipinski definition) is 5. The van der Waals surface area contributed by atoms with Crippen LogP contribution in [0.2, 0.25) is 0 Å². The summed E-state index contributed by atoms with van der Waals surface area (Å²) in [5.74, 6) is 0.442. The molecule has 30 heavy (non-hydrogen) atoms. The zero-order valence-electron chi connectivity index (χ0n) is 16.2. The molecule has 0 fully saturated rings. The number of thiazole rings is 1. The van der Waals surface area contributed by atoms with Crippen molar-refractivity contribution in [3.63, 3.8) is 0 Å². The third-order valence-electron chi connectivity index (χ3n) is 4.47. The summed E-state index contributed by atoms with van der Waals surface area (Å²) < 4.78 is 25.3. The zero-order chi connectivity index (χ0) is 20.9. The van der Waals surface area contributed by atoms with Gasteiger partial charge in [0.15, 0.2) is 23.2 Å². The van der Waals surface area contributed by atoms with Gasteiger partial charge >= 0.3 is 0 Å². The number of carbonyl (C=O) groups excluding carboxylic acids is 1. The summed E-state index contributed by atoms with van der Waals surface area (Å²) in [5, 5.41) is 0.494. The minimum absolute atomic E-state index is 0.183. The van der Waals surface area contributed by atoms with Gasteiger partial charge in [-0.3, -0.25) is 9.69 Å². The Hall–Kier alpha value is -3.45. The minimum Gasteiger partial charge on any atom is -0.493 e. The third-order valence-corrected chi connectivity index (χ3v) is 5.52. The van der Waals surface area contributed by atoms with Crippen LogP contribution in [0.5, 0.6) is 11.5 Å². The van der Waals surface area contributed by atoms with Gasteiger partial charge in [0.1, 0.15) is 5.82 Å². The van der Waals surface area contributed by atoms with Gasteiger partial charge in [-0.15, -0.1) is 0 Å². The van der Waals surface area contributed by atoms with Crippen molar-refractivity contribution < 1.29 is 18.7 Å². The lowest BCUT2D eigenvalue weighted by Crippen LogP contribution is -2.34. The smallest absolute Gasteiger partial charge is 0.267 e. The molecule has 0 aliphatic heterocycles. The van der Waals surface area contributed by atoms with E-state index in [9.17, 15) is 9.18 Å². The standard InChI is InChI=1S/C23H19FN2O3S/c1-28-19-9-5-6-10-20(19)29-15-22(27)26(14-16-7-3-2-4-8-16)23-25-18-12-11-17(24)13-21(18)30-23/h2-13H,14-15H2,1H3. The molecule has 4 rings (SSSR count). The molecule has 0 atom stereocenters. The lowest BCUT2D eigenvalue weighted by Gasteiger charge is -2.20. The molecule has 0 N–H and O–H groups in total. The summed E-state index contributed by atoms with van der Waals surface area (Å²) in [6.45, 7) is 0.148. The van der Waals surface area contributed by atoms with Crippen LogP contribution in [0, 0.1) is 5.82 Å². The molecule has 0 saturated carbocycles. The zero-order valence-corrected chi connectivity index (χ0v) is 17.1. The van der Waals surface area contributed by atoms with E-state index in [1.165, 1.54) is 23.5 Å². The fourth-order valence-electron chi connectivity index (χ4n) is 2.99. The molecule has 0 radical (unpaired) electrons. The Bertz CT molecular complexity index is 1160. The number of hydrogen-bond donors (Lipinski definition) is 0. The van der Waals surface area contributed by atoms with Crippen molar-refractivity contribution in [1.82, 2.24) is 4.98 Å². The molecular formula is C23H19FN2O3S. The number of halogens is 1. The summed E-state index contributed by atoms with van der Waals surface area (Å²) in [4.78, 5) is 19.2. The molecule has 0 aliphatic carbocycles. The van der Waals surface area contributed by atoms with Crippen molar-refractivity contribution in [2.45, 2.75) is 6.54 Å². The van der Waals surface area contributed by atoms with E-state index in [1.807, 2.05) is 42.5 Å². The summed E-state index contributed by atoms with van der Waals surface area (Å²) in [7, 11) is 1.55. The molecule has 0 aliphatic rings. The Kier molecular flexibility index (Phi) is 5.90. The van der Waals surface area contributed by atoms with Crippen molar-refractivity contribution in [1.29, 1.82) is 0 Å². The number of rotatable bonds is 7. The number of amides is 1. The van der Waals surface area contributed by atoms with E-state index in [-0.39, 0.29) is 18.3 Å². The quantitative estimate of drug-likeness (QED) is 0.418. The number of benzene rings is 3. The molecule has 1 heterocycles. The summed E-state index contributed by atoms with van der Waals surface area (Å²) in [6.07, 6.45) is 0. The fourth-order valence-corrected chi connectivity index (χ4v) is 3.99. The number of para-hydroxylation sites is 2. The SMILES string of the molecule is COc1ccccc1OCC(=O)N(Cc1ccccc1)c1nc2ccc(F)cc2s1. The maximum absolute atomic E-state index is 13.6. The lowest BCUT2D eigenvalue weighted by atomic mass is 10.2. The van der Waals surface area contributed by atoms with Gasteiger partial charge in [-0.25, -0.2) is 9.37 Å². The Morgan fingerprint density at radius 3 is 2.53 bits per heavy atom. The van der Waals surface area contributed by atoms with E-state index < -0.39 is 0 Å². The van der Waals surface area contributed by atoms with Crippen LogP contribution >= 0.6 is 11.3 Å². The first kappa shape index (κ1) is 19.8. The number of aromatic nitrogens is 1. The highest BCUT2D eigenvalue weighted by atomic mass is 32.1. The highest BCUT2D eigenvalue weighted by molar-refractivity contribution is 7.22. The second kappa shape index (κ2) is 8.92. The van der Waals surface area contributed by atoms with E-state index >= 15 is 0 Å². The largest absolute Gasteiger partial charge is 0.493 e. The Balaban J connectivity index is 1.61. The van der Waals surface area contributed by atoms with Gasteiger partial charge in [-0.1, -0.05) is 53.8 Å². The van der Waals surface area contributed by atoms with Crippen LogP contribution in [0.3, 0.4) is 0 Å². The van der Waals surface area contributed by atoms with E-state index in [0.29, 0.717) is 33.4 Å². The number of anilines is 1. The van der Waals surface area contributed by atoms with Crippen molar-refractivity contribution in [2.24, 2.45) is 0 Å². The van der Waals surface area contributed by atoms with Gasteiger partial charge in [-0.2, -0.15) is 0 Å². The number of fused-ring (bicyclic) bond motifs is 1. The first-order valence-electron chi connectivity index (χ1n) is 9.30. The van der Waals surface area contributed by atoms with Gasteiger partial charge in [0.05, 0.1) is 23.9 Å². The molecule has 0 spiro atoms. The lowest BCUT2D eigenvalue weighted by molar-refractivity contribution is -0.120. The van der Waals surface area contributed by atoms with E-state index in [1.54, 1.807) is 30.2 Å². The van der Waals surface area contributed by atoms with Gasteiger partial charge < -0.3 is 9.47 Å². The molecule has 1 aromatic heterocycles. The van der Waals surface area contributed by atoms with Crippen LogP contribution in [0.1, 0.15) is 5.56 Å². The average Bonchev–Trinajstić information content (AvgIpc) is 3.19. The highest BCUT2D eigenvalue weighted by Crippen LogP contribution is 2.31. The van der Waals surface area contributed by atoms with Gasteiger partial charge in [-0.05, 0) is 35.9 Å². The topological polar surface area (TPSA) is 51.7 Å². The molecule has 152 valence electrons. The van der Waals surface area contributed by atoms with Crippen molar-refractivity contribution >= 4 is 32.6 Å². The molecule has 0 bridgehead atoms. The Labute approximate surface area is 177 Å². The van der Waals surface area contributed by atoms with Crippen LogP contribution in [-0.2, 0) is 11.3 Å². The molecule has 1 amide bonds. The molecular weight excluding hydrogens is 403 g/mol. The number of carbonyl (C=O) groups is 1. The van der Waals surface area contributed by atoms with Crippen LogP contribution in [0.25, 0.3) is 10.2 Å². The van der Waals surface area contributed by atoms with Crippen LogP contribution in [-0.4, -0.2) is 24.6 Å². The first-order chi connectivity index (χ1) is 14.6. The molecule has 5 nitrogen and oxygen atoms in total. The fraction of sp³-hybridized carbons (Fsp3) is 0.130. The molecule has 7 heteroatoms. The number of methoxy groups -OCH3 is 1. The van der Waals surface area contributed by atoms with E-state index in [4.69, 9.17) is 9.47 Å². The summed E-state index contributed by atoms with van der Waals surface area (Å²) in [6, 6.07) is 21.2. The van der Waals surface area contributed by atoms with E-state index in [2.05, 4.69) is 4.98 Å². The predicted octanol–water partition coefficient (Wildman–Crippen LogP) is 5.06. The third kappa shape index (κ3) is 4.41. The Morgan fingerprint density at radius 2 is 1.77 bits per heavy atom. The Morgan fingerprint density at radius 1 is 1.03 bits per heavy atom. The second-order valence-corrected chi connectivity index (χ2v) is 7.52. The predicted molar refractivity (Wildman–Crippen MR) is 116 cm³/mol.